The van der Waals surface area contributed by atoms with Crippen molar-refractivity contribution in [3.8, 4) is 11.3 Å². The number of urea groups is 1. The molecule has 1 atom stereocenters. The Labute approximate surface area is 195 Å². The molecular formula is C25H23N3O6. The van der Waals surface area contributed by atoms with Crippen LogP contribution < -0.4 is 10.6 Å². The number of carbonyl (C=O) groups is 3. The van der Waals surface area contributed by atoms with Crippen LogP contribution in [0.4, 0.5) is 4.79 Å². The number of benzene rings is 2. The van der Waals surface area contributed by atoms with E-state index in [9.17, 15) is 14.4 Å². The van der Waals surface area contributed by atoms with Crippen LogP contribution in [0.5, 0.6) is 0 Å². The summed E-state index contributed by atoms with van der Waals surface area (Å²) < 4.78 is 16.0. The van der Waals surface area contributed by atoms with Gasteiger partial charge in [0, 0.05) is 5.56 Å². The van der Waals surface area contributed by atoms with Crippen molar-refractivity contribution in [1.29, 1.82) is 0 Å². The number of carbonyl (C=O) groups excluding carboxylic acids is 3. The van der Waals surface area contributed by atoms with Crippen LogP contribution in [0.3, 0.4) is 0 Å². The summed E-state index contributed by atoms with van der Waals surface area (Å²) in [6, 6.07) is 16.8. The fourth-order valence-electron chi connectivity index (χ4n) is 3.69. The molecule has 0 aliphatic carbocycles. The predicted octanol–water partition coefficient (Wildman–Crippen LogP) is 3.68. The van der Waals surface area contributed by atoms with Gasteiger partial charge in [0.15, 0.2) is 0 Å². The molecule has 0 spiro atoms. The van der Waals surface area contributed by atoms with Gasteiger partial charge in [0.2, 0.25) is 0 Å². The summed E-state index contributed by atoms with van der Waals surface area (Å²) in [5, 5.41) is 9.30. The molecule has 1 aliphatic heterocycles. The summed E-state index contributed by atoms with van der Waals surface area (Å²) in [5.41, 5.74) is 2.19. The molecule has 0 unspecified atom stereocenters. The van der Waals surface area contributed by atoms with Crippen LogP contribution in [-0.2, 0) is 14.3 Å². The first-order valence-corrected chi connectivity index (χ1v) is 10.7. The monoisotopic (exact) mass is 461 g/mol. The number of ether oxygens (including phenoxy) is 2. The van der Waals surface area contributed by atoms with Crippen molar-refractivity contribution in [2.24, 2.45) is 0 Å². The van der Waals surface area contributed by atoms with Gasteiger partial charge in [-0.15, -0.1) is 0 Å². The standard InChI is InChI=1S/C25H23N3O6/c1-3-32-24(30)20-18(26-25(31)27-21(20)16-10-6-4-7-11-16)14-33-23(29)19-15(2)34-28-22(19)17-12-8-5-9-13-17/h4-13,21H,3,14H2,1-2H3,(H2,26,27,31)/t21-/m0/s1. The average molecular weight is 461 g/mol. The number of nitrogens with zero attached hydrogens (tertiary/aromatic N) is 1. The topological polar surface area (TPSA) is 120 Å². The van der Waals surface area contributed by atoms with Crippen molar-refractivity contribution in [3.63, 3.8) is 0 Å². The van der Waals surface area contributed by atoms with Crippen molar-refractivity contribution in [1.82, 2.24) is 15.8 Å². The number of esters is 2. The predicted molar refractivity (Wildman–Crippen MR) is 121 cm³/mol. The van der Waals surface area contributed by atoms with E-state index in [0.717, 1.165) is 0 Å². The lowest BCUT2D eigenvalue weighted by Gasteiger charge is -2.29. The molecule has 174 valence electrons. The molecule has 2 amide bonds. The van der Waals surface area contributed by atoms with Gasteiger partial charge in [-0.2, -0.15) is 0 Å². The highest BCUT2D eigenvalue weighted by atomic mass is 16.5. The lowest BCUT2D eigenvalue weighted by molar-refractivity contribution is -0.139. The Balaban J connectivity index is 1.65. The molecule has 2 heterocycles. The molecule has 9 nitrogen and oxygen atoms in total. The summed E-state index contributed by atoms with van der Waals surface area (Å²) in [6.07, 6.45) is 0. The van der Waals surface area contributed by atoms with Crippen LogP contribution in [0.15, 0.2) is 76.5 Å². The molecule has 3 aromatic rings. The van der Waals surface area contributed by atoms with E-state index < -0.39 is 24.0 Å². The van der Waals surface area contributed by atoms with Gasteiger partial charge >= 0.3 is 18.0 Å². The molecular weight excluding hydrogens is 438 g/mol. The van der Waals surface area contributed by atoms with E-state index in [2.05, 4.69) is 15.8 Å². The van der Waals surface area contributed by atoms with Crippen molar-refractivity contribution in [2.75, 3.05) is 13.2 Å². The minimum atomic E-state index is -0.764. The largest absolute Gasteiger partial charge is 0.463 e. The Morgan fingerprint density at radius 1 is 1.00 bits per heavy atom. The van der Waals surface area contributed by atoms with Crippen molar-refractivity contribution in [3.05, 3.63) is 88.8 Å². The number of rotatable bonds is 7. The minimum Gasteiger partial charge on any atom is -0.463 e. The first-order valence-electron chi connectivity index (χ1n) is 10.7. The highest BCUT2D eigenvalue weighted by molar-refractivity contribution is 5.98. The SMILES string of the molecule is CCOC(=O)C1=C(COC(=O)c2c(-c3ccccc3)noc2C)NC(=O)N[C@H]1c1ccccc1. The summed E-state index contributed by atoms with van der Waals surface area (Å²) in [5.74, 6) is -1.03. The fourth-order valence-corrected chi connectivity index (χ4v) is 3.69. The quantitative estimate of drug-likeness (QED) is 0.515. The lowest BCUT2D eigenvalue weighted by atomic mass is 9.95. The molecule has 9 heteroatoms. The van der Waals surface area contributed by atoms with Gasteiger partial charge in [0.25, 0.3) is 0 Å². The third kappa shape index (κ3) is 4.68. The number of nitrogens with one attached hydrogen (secondary N) is 2. The third-order valence-electron chi connectivity index (χ3n) is 5.24. The van der Waals surface area contributed by atoms with Crippen LogP contribution in [0.2, 0.25) is 0 Å². The van der Waals surface area contributed by atoms with E-state index in [-0.39, 0.29) is 30.0 Å². The van der Waals surface area contributed by atoms with Gasteiger partial charge in [-0.3, -0.25) is 0 Å². The highest BCUT2D eigenvalue weighted by Crippen LogP contribution is 2.29. The third-order valence-corrected chi connectivity index (χ3v) is 5.24. The zero-order valence-electron chi connectivity index (χ0n) is 18.7. The summed E-state index contributed by atoms with van der Waals surface area (Å²) in [4.78, 5) is 38.2. The summed E-state index contributed by atoms with van der Waals surface area (Å²) in [6.45, 7) is 3.08. The minimum absolute atomic E-state index is 0.139. The Kier molecular flexibility index (Phi) is 6.72. The van der Waals surface area contributed by atoms with Gasteiger partial charge in [-0.1, -0.05) is 65.8 Å². The molecule has 2 N–H and O–H groups in total. The molecule has 1 aliphatic rings. The number of amides is 2. The number of hydrogen-bond donors (Lipinski definition) is 2. The smallest absolute Gasteiger partial charge is 0.344 e. The highest BCUT2D eigenvalue weighted by Gasteiger charge is 2.34. The zero-order chi connectivity index (χ0) is 24.1. The van der Waals surface area contributed by atoms with E-state index in [1.807, 2.05) is 24.3 Å². The second-order valence-corrected chi connectivity index (χ2v) is 7.46. The Morgan fingerprint density at radius 2 is 1.68 bits per heavy atom. The molecule has 4 rings (SSSR count). The van der Waals surface area contributed by atoms with E-state index in [4.69, 9.17) is 14.0 Å². The molecule has 2 aromatic carbocycles. The van der Waals surface area contributed by atoms with Crippen molar-refractivity contribution < 1.29 is 28.4 Å². The van der Waals surface area contributed by atoms with Crippen molar-refractivity contribution in [2.45, 2.75) is 19.9 Å². The van der Waals surface area contributed by atoms with E-state index in [1.54, 1.807) is 50.2 Å². The lowest BCUT2D eigenvalue weighted by Crippen LogP contribution is -2.47. The van der Waals surface area contributed by atoms with Gasteiger partial charge < -0.3 is 24.6 Å². The van der Waals surface area contributed by atoms with E-state index in [1.165, 1.54) is 0 Å². The Hall–Kier alpha value is -4.40. The molecule has 0 fully saturated rings. The van der Waals surface area contributed by atoms with Crippen LogP contribution in [-0.4, -0.2) is 36.3 Å². The Bertz CT molecular complexity index is 1230. The second-order valence-electron chi connectivity index (χ2n) is 7.46. The van der Waals surface area contributed by atoms with E-state index >= 15 is 0 Å². The maximum atomic E-state index is 13.0. The van der Waals surface area contributed by atoms with Crippen LogP contribution in [0.25, 0.3) is 11.3 Å². The van der Waals surface area contributed by atoms with Gasteiger partial charge in [0.05, 0.1) is 23.9 Å². The first-order chi connectivity index (χ1) is 16.5. The molecule has 0 saturated heterocycles. The van der Waals surface area contributed by atoms with Crippen molar-refractivity contribution >= 4 is 18.0 Å². The Morgan fingerprint density at radius 3 is 2.35 bits per heavy atom. The molecule has 0 saturated carbocycles. The molecule has 34 heavy (non-hydrogen) atoms. The van der Waals surface area contributed by atoms with Crippen LogP contribution >= 0.6 is 0 Å². The number of hydrogen-bond acceptors (Lipinski definition) is 7. The van der Waals surface area contributed by atoms with Crippen LogP contribution in [0.1, 0.15) is 34.6 Å². The average Bonchev–Trinajstić information content (AvgIpc) is 3.24. The van der Waals surface area contributed by atoms with E-state index in [0.29, 0.717) is 22.6 Å². The summed E-state index contributed by atoms with van der Waals surface area (Å²) >= 11 is 0. The maximum Gasteiger partial charge on any atom is 0.344 e. The zero-order valence-corrected chi connectivity index (χ0v) is 18.7. The normalized spacial score (nSPS) is 15.4. The van der Waals surface area contributed by atoms with Gasteiger partial charge in [0.1, 0.15) is 23.6 Å². The van der Waals surface area contributed by atoms with Gasteiger partial charge in [-0.25, -0.2) is 14.4 Å². The molecule has 0 radical (unpaired) electrons. The second kappa shape index (κ2) is 10.0. The fraction of sp³-hybridized carbons (Fsp3) is 0.200. The van der Waals surface area contributed by atoms with Gasteiger partial charge in [-0.05, 0) is 19.4 Å². The molecule has 0 bridgehead atoms. The first kappa shape index (κ1) is 22.8. The van der Waals surface area contributed by atoms with Crippen LogP contribution in [0, 0.1) is 6.92 Å². The maximum absolute atomic E-state index is 13.0. The number of aryl methyl sites for hydroxylation is 1. The summed E-state index contributed by atoms with van der Waals surface area (Å²) in [7, 11) is 0. The number of aromatic nitrogens is 1. The molecule has 1 aromatic heterocycles.